The first-order valence-corrected chi connectivity index (χ1v) is 9.34. The molecule has 2 aliphatic heterocycles. The third-order valence-electron chi connectivity index (χ3n) is 5.20. The monoisotopic (exact) mass is 400 g/mol. The molecule has 1 fully saturated rings. The second-order valence-corrected chi connectivity index (χ2v) is 7.11. The average Bonchev–Trinajstić information content (AvgIpc) is 3.26. The lowest BCUT2D eigenvalue weighted by Gasteiger charge is -2.17. The van der Waals surface area contributed by atoms with Crippen LogP contribution in [0.4, 0.5) is 5.69 Å². The minimum atomic E-state index is -1.11. The molecule has 0 aromatic heterocycles. The molecule has 1 aliphatic carbocycles. The summed E-state index contributed by atoms with van der Waals surface area (Å²) >= 11 is 0. The number of imide groups is 1. The maximum Gasteiger partial charge on any atom is 0.326 e. The summed E-state index contributed by atoms with van der Waals surface area (Å²) in [5, 5.41) is 2.62. The molecule has 1 saturated heterocycles. The van der Waals surface area contributed by atoms with Gasteiger partial charge in [-0.25, -0.2) is 0 Å². The highest BCUT2D eigenvalue weighted by atomic mass is 16.7. The first-order chi connectivity index (χ1) is 13.9. The number of hydrogen-bond acceptors (Lipinski definition) is 7. The Morgan fingerprint density at radius 1 is 1.14 bits per heavy atom. The van der Waals surface area contributed by atoms with E-state index in [1.165, 1.54) is 6.92 Å². The van der Waals surface area contributed by atoms with Crippen molar-refractivity contribution in [3.05, 3.63) is 30.4 Å². The van der Waals surface area contributed by atoms with Crippen molar-refractivity contribution < 1.29 is 33.4 Å². The Labute approximate surface area is 166 Å². The van der Waals surface area contributed by atoms with E-state index in [0.29, 0.717) is 30.0 Å². The van der Waals surface area contributed by atoms with Gasteiger partial charge >= 0.3 is 5.97 Å². The molecule has 1 N–H and O–H groups in total. The number of fused-ring (bicyclic) bond motifs is 2. The first-order valence-electron chi connectivity index (χ1n) is 9.34. The lowest BCUT2D eigenvalue weighted by molar-refractivity contribution is -0.158. The zero-order valence-corrected chi connectivity index (χ0v) is 15.8. The summed E-state index contributed by atoms with van der Waals surface area (Å²) in [5.41, 5.74) is 0.462. The van der Waals surface area contributed by atoms with Crippen LogP contribution in [0.5, 0.6) is 11.5 Å². The Bertz CT molecular complexity index is 884. The summed E-state index contributed by atoms with van der Waals surface area (Å²) in [6.45, 7) is 1.04. The molecule has 4 rings (SSSR count). The van der Waals surface area contributed by atoms with Crippen molar-refractivity contribution in [2.24, 2.45) is 11.8 Å². The molecule has 2 heterocycles. The van der Waals surface area contributed by atoms with Crippen LogP contribution in [0.25, 0.3) is 0 Å². The van der Waals surface area contributed by atoms with E-state index in [0.717, 1.165) is 4.90 Å². The van der Waals surface area contributed by atoms with Gasteiger partial charge in [-0.3, -0.25) is 24.1 Å². The van der Waals surface area contributed by atoms with Crippen LogP contribution in [-0.4, -0.2) is 48.0 Å². The maximum absolute atomic E-state index is 12.4. The van der Waals surface area contributed by atoms with Gasteiger partial charge in [-0.05, 0) is 31.9 Å². The van der Waals surface area contributed by atoms with Gasteiger partial charge in [0.1, 0.15) is 6.54 Å². The van der Waals surface area contributed by atoms with Crippen molar-refractivity contribution in [1.82, 2.24) is 4.90 Å². The summed E-state index contributed by atoms with van der Waals surface area (Å²) in [7, 11) is 0. The van der Waals surface area contributed by atoms with Crippen LogP contribution in [-0.2, 0) is 23.9 Å². The summed E-state index contributed by atoms with van der Waals surface area (Å²) in [6, 6.07) is 4.90. The van der Waals surface area contributed by atoms with Crippen LogP contribution in [0.2, 0.25) is 0 Å². The molecule has 0 radical (unpaired) electrons. The van der Waals surface area contributed by atoms with Crippen LogP contribution in [0, 0.1) is 11.8 Å². The van der Waals surface area contributed by atoms with E-state index in [-0.39, 0.29) is 18.6 Å². The Balaban J connectivity index is 1.32. The fourth-order valence-electron chi connectivity index (χ4n) is 3.66. The Kier molecular flexibility index (Phi) is 4.96. The Hall–Kier alpha value is -3.36. The number of ether oxygens (including phenoxy) is 3. The molecule has 3 amide bonds. The number of hydrogen-bond donors (Lipinski definition) is 1. The molecular formula is C20H20N2O7. The number of likely N-dealkylation sites (tertiary alicyclic amines) is 1. The molecule has 1 aromatic rings. The van der Waals surface area contributed by atoms with Crippen LogP contribution < -0.4 is 14.8 Å². The number of carbonyl (C=O) groups excluding carboxylic acids is 4. The molecule has 0 unspecified atom stereocenters. The summed E-state index contributed by atoms with van der Waals surface area (Å²) in [6.07, 6.45) is 3.63. The molecule has 0 spiro atoms. The van der Waals surface area contributed by atoms with Gasteiger partial charge in [0.2, 0.25) is 18.6 Å². The molecular weight excluding hydrogens is 380 g/mol. The minimum Gasteiger partial charge on any atom is -0.454 e. The number of benzene rings is 1. The minimum absolute atomic E-state index is 0.118. The Morgan fingerprint density at radius 3 is 2.48 bits per heavy atom. The van der Waals surface area contributed by atoms with Gasteiger partial charge < -0.3 is 19.5 Å². The molecule has 152 valence electrons. The van der Waals surface area contributed by atoms with E-state index in [1.54, 1.807) is 18.2 Å². The van der Waals surface area contributed by atoms with Gasteiger partial charge in [0.05, 0.1) is 11.8 Å². The number of rotatable bonds is 5. The topological polar surface area (TPSA) is 111 Å². The van der Waals surface area contributed by atoms with Crippen molar-refractivity contribution in [2.45, 2.75) is 25.9 Å². The van der Waals surface area contributed by atoms with Gasteiger partial charge in [0, 0.05) is 11.8 Å². The SMILES string of the molecule is C[C@@H](OC(=O)CN1C(=O)[C@H]2CC=CC[C@H]2C1=O)C(=O)Nc1ccc2c(c1)OCO2. The highest BCUT2D eigenvalue weighted by Crippen LogP contribution is 2.35. The third-order valence-corrected chi connectivity index (χ3v) is 5.20. The summed E-state index contributed by atoms with van der Waals surface area (Å²) in [4.78, 5) is 50.3. The highest BCUT2D eigenvalue weighted by molar-refractivity contribution is 6.07. The zero-order valence-electron chi connectivity index (χ0n) is 15.8. The lowest BCUT2D eigenvalue weighted by Crippen LogP contribution is -2.39. The standard InChI is InChI=1S/C20H20N2O7/c1-11(18(24)21-12-6-7-15-16(8-12)28-10-27-15)29-17(23)9-22-19(25)13-4-2-3-5-14(13)20(22)26/h2-3,6-8,11,13-14H,4-5,9-10H2,1H3,(H,21,24)/t11-,13-,14+/m1/s1. The van der Waals surface area contributed by atoms with Gasteiger partial charge in [-0.1, -0.05) is 12.2 Å². The molecule has 29 heavy (non-hydrogen) atoms. The summed E-state index contributed by atoms with van der Waals surface area (Å²) < 4.78 is 15.6. The van der Waals surface area contributed by atoms with E-state index in [4.69, 9.17) is 14.2 Å². The van der Waals surface area contributed by atoms with Crippen molar-refractivity contribution in [3.63, 3.8) is 0 Å². The van der Waals surface area contributed by atoms with Gasteiger partial charge in [0.25, 0.3) is 5.91 Å². The first kappa shape index (κ1) is 19.0. The predicted molar refractivity (Wildman–Crippen MR) is 98.8 cm³/mol. The quantitative estimate of drug-likeness (QED) is 0.450. The third kappa shape index (κ3) is 3.67. The Morgan fingerprint density at radius 2 is 1.79 bits per heavy atom. The maximum atomic E-state index is 12.4. The van der Waals surface area contributed by atoms with E-state index in [2.05, 4.69) is 5.32 Å². The lowest BCUT2D eigenvalue weighted by atomic mass is 9.85. The van der Waals surface area contributed by atoms with Crippen molar-refractivity contribution >= 4 is 29.4 Å². The molecule has 9 heteroatoms. The van der Waals surface area contributed by atoms with E-state index in [1.807, 2.05) is 12.2 Å². The normalized spacial score (nSPS) is 23.0. The fraction of sp³-hybridized carbons (Fsp3) is 0.400. The van der Waals surface area contributed by atoms with E-state index < -0.39 is 36.4 Å². The molecule has 1 aromatic carbocycles. The molecule has 3 atom stereocenters. The second kappa shape index (κ2) is 7.57. The van der Waals surface area contributed by atoms with Crippen LogP contribution in [0.1, 0.15) is 19.8 Å². The van der Waals surface area contributed by atoms with Crippen LogP contribution in [0.15, 0.2) is 30.4 Å². The van der Waals surface area contributed by atoms with Gasteiger partial charge in [-0.2, -0.15) is 0 Å². The van der Waals surface area contributed by atoms with Crippen molar-refractivity contribution in [2.75, 3.05) is 18.7 Å². The smallest absolute Gasteiger partial charge is 0.326 e. The van der Waals surface area contributed by atoms with Crippen molar-refractivity contribution in [3.8, 4) is 11.5 Å². The molecule has 0 bridgehead atoms. The van der Waals surface area contributed by atoms with Gasteiger partial charge in [0.15, 0.2) is 17.6 Å². The number of carbonyl (C=O) groups is 4. The number of nitrogens with one attached hydrogen (secondary N) is 1. The number of nitrogens with zero attached hydrogens (tertiary/aromatic N) is 1. The number of anilines is 1. The zero-order chi connectivity index (χ0) is 20.5. The largest absolute Gasteiger partial charge is 0.454 e. The number of esters is 1. The van der Waals surface area contributed by atoms with Crippen LogP contribution >= 0.6 is 0 Å². The van der Waals surface area contributed by atoms with E-state index in [9.17, 15) is 19.2 Å². The number of amides is 3. The second-order valence-electron chi connectivity index (χ2n) is 7.11. The molecule has 0 saturated carbocycles. The van der Waals surface area contributed by atoms with Gasteiger partial charge in [-0.15, -0.1) is 0 Å². The van der Waals surface area contributed by atoms with E-state index >= 15 is 0 Å². The van der Waals surface area contributed by atoms with Crippen LogP contribution in [0.3, 0.4) is 0 Å². The average molecular weight is 400 g/mol. The predicted octanol–water partition coefficient (Wildman–Crippen LogP) is 1.24. The molecule has 3 aliphatic rings. The fourth-order valence-corrected chi connectivity index (χ4v) is 3.66. The highest BCUT2D eigenvalue weighted by Gasteiger charge is 2.47. The van der Waals surface area contributed by atoms with Crippen molar-refractivity contribution in [1.29, 1.82) is 0 Å². The summed E-state index contributed by atoms with van der Waals surface area (Å²) in [5.74, 6) is -1.81. The molecule has 9 nitrogen and oxygen atoms in total. The number of allylic oxidation sites excluding steroid dienone is 2.